The van der Waals surface area contributed by atoms with Gasteiger partial charge in [-0.2, -0.15) is 5.10 Å². The highest BCUT2D eigenvalue weighted by atomic mass is 79.9. The molecule has 0 aliphatic heterocycles. The molecule has 5 nitrogen and oxygen atoms in total. The van der Waals surface area contributed by atoms with Crippen molar-refractivity contribution < 1.29 is 8.42 Å². The Hall–Kier alpha value is -1.35. The Morgan fingerprint density at radius 2 is 1.96 bits per heavy atom. The van der Waals surface area contributed by atoms with Crippen LogP contribution in [0.4, 0.5) is 5.82 Å². The molecule has 0 amide bonds. The van der Waals surface area contributed by atoms with Crippen LogP contribution in [0, 0.1) is 6.92 Å². The van der Waals surface area contributed by atoms with E-state index in [1.165, 1.54) is 11.6 Å². The number of anilines is 1. The summed E-state index contributed by atoms with van der Waals surface area (Å²) in [6.07, 6.45) is 1.74. The number of nitrogens with one attached hydrogen (secondary N) is 1. The molecule has 0 radical (unpaired) electrons. The summed E-state index contributed by atoms with van der Waals surface area (Å²) in [7, 11) is -3.70. The summed E-state index contributed by atoms with van der Waals surface area (Å²) in [6.45, 7) is 2.57. The summed E-state index contributed by atoms with van der Waals surface area (Å²) < 4.78 is 30.0. The van der Waals surface area contributed by atoms with Gasteiger partial charge in [0.2, 0.25) is 0 Å². The molecular formula is C15H13BrClN3O2S2. The van der Waals surface area contributed by atoms with Crippen molar-refractivity contribution in [3.8, 4) is 0 Å². The third-order valence-corrected chi connectivity index (χ3v) is 6.87. The van der Waals surface area contributed by atoms with Gasteiger partial charge in [0.05, 0.1) is 15.4 Å². The molecule has 0 saturated carbocycles. The number of thiophene rings is 1. The fraction of sp³-hybridized carbons (Fsp3) is 0.133. The molecule has 9 heteroatoms. The van der Waals surface area contributed by atoms with Crippen LogP contribution in [0.15, 0.2) is 51.3 Å². The van der Waals surface area contributed by atoms with Crippen LogP contribution in [0.25, 0.3) is 0 Å². The molecule has 126 valence electrons. The van der Waals surface area contributed by atoms with Gasteiger partial charge in [-0.25, -0.2) is 8.42 Å². The summed E-state index contributed by atoms with van der Waals surface area (Å²) in [5.41, 5.74) is 2.26. The van der Waals surface area contributed by atoms with Gasteiger partial charge in [-0.15, -0.1) is 11.3 Å². The predicted molar refractivity (Wildman–Crippen MR) is 100 cm³/mol. The van der Waals surface area contributed by atoms with Crippen LogP contribution in [0.1, 0.15) is 11.1 Å². The first-order valence-electron chi connectivity index (χ1n) is 6.90. The Balaban J connectivity index is 1.80. The van der Waals surface area contributed by atoms with Gasteiger partial charge in [-0.1, -0.05) is 41.4 Å². The highest BCUT2D eigenvalue weighted by molar-refractivity contribution is 9.10. The van der Waals surface area contributed by atoms with E-state index in [4.69, 9.17) is 11.6 Å². The molecule has 24 heavy (non-hydrogen) atoms. The fourth-order valence-electron chi connectivity index (χ4n) is 2.05. The molecule has 1 aromatic carbocycles. The molecule has 0 unspecified atom stereocenters. The second-order valence-corrected chi connectivity index (χ2v) is 9.65. The van der Waals surface area contributed by atoms with Crippen molar-refractivity contribution in [3.63, 3.8) is 0 Å². The first-order valence-corrected chi connectivity index (χ1v) is 10.4. The summed E-state index contributed by atoms with van der Waals surface area (Å²) >= 11 is 10.1. The molecule has 0 bridgehead atoms. The van der Waals surface area contributed by atoms with Crippen LogP contribution in [-0.4, -0.2) is 18.2 Å². The molecular weight excluding hydrogens is 434 g/mol. The SMILES string of the molecule is Cc1ccc(Cn2cc(Br)c(NS(=O)(=O)c3ccc(Cl)s3)n2)cc1. The van der Waals surface area contributed by atoms with E-state index in [9.17, 15) is 8.42 Å². The second-order valence-electron chi connectivity index (χ2n) is 5.17. The minimum absolute atomic E-state index is 0.146. The third kappa shape index (κ3) is 4.00. The van der Waals surface area contributed by atoms with Crippen molar-refractivity contribution in [1.82, 2.24) is 9.78 Å². The largest absolute Gasteiger partial charge is 0.272 e. The topological polar surface area (TPSA) is 64.0 Å². The fourth-order valence-corrected chi connectivity index (χ4v) is 5.09. The highest BCUT2D eigenvalue weighted by Crippen LogP contribution is 2.29. The lowest BCUT2D eigenvalue weighted by atomic mass is 10.1. The van der Waals surface area contributed by atoms with E-state index >= 15 is 0 Å². The zero-order chi connectivity index (χ0) is 17.3. The van der Waals surface area contributed by atoms with Crippen molar-refractivity contribution in [2.24, 2.45) is 0 Å². The summed E-state index contributed by atoms with van der Waals surface area (Å²) in [6, 6.07) is 11.1. The maximum atomic E-state index is 12.3. The highest BCUT2D eigenvalue weighted by Gasteiger charge is 2.20. The molecule has 3 rings (SSSR count). The van der Waals surface area contributed by atoms with Gasteiger partial charge in [-0.3, -0.25) is 9.40 Å². The van der Waals surface area contributed by atoms with Gasteiger partial charge in [-0.05, 0) is 40.5 Å². The van der Waals surface area contributed by atoms with Gasteiger partial charge in [0.15, 0.2) is 5.82 Å². The number of aryl methyl sites for hydroxylation is 1. The van der Waals surface area contributed by atoms with Gasteiger partial charge < -0.3 is 0 Å². The number of nitrogens with zero attached hydrogens (tertiary/aromatic N) is 2. The molecule has 2 aromatic heterocycles. The summed E-state index contributed by atoms with van der Waals surface area (Å²) in [4.78, 5) is 0. The van der Waals surface area contributed by atoms with Crippen LogP contribution in [-0.2, 0) is 16.6 Å². The van der Waals surface area contributed by atoms with E-state index in [2.05, 4.69) is 25.8 Å². The van der Waals surface area contributed by atoms with Crippen molar-refractivity contribution in [2.45, 2.75) is 17.7 Å². The number of benzene rings is 1. The zero-order valence-corrected chi connectivity index (χ0v) is 16.5. The monoisotopic (exact) mass is 445 g/mol. The van der Waals surface area contributed by atoms with Crippen molar-refractivity contribution >= 4 is 54.7 Å². The summed E-state index contributed by atoms with van der Waals surface area (Å²) in [5.74, 6) is 0.242. The van der Waals surface area contributed by atoms with Crippen molar-refractivity contribution in [3.05, 3.63) is 62.5 Å². The van der Waals surface area contributed by atoms with Crippen LogP contribution < -0.4 is 4.72 Å². The number of aromatic nitrogens is 2. The van der Waals surface area contributed by atoms with E-state index in [-0.39, 0.29) is 10.0 Å². The average Bonchev–Trinajstić information content (AvgIpc) is 3.08. The standard InChI is InChI=1S/C15H13BrClN3O2S2/c1-10-2-4-11(5-3-10)8-20-9-12(16)15(18-20)19-24(21,22)14-7-6-13(17)23-14/h2-7,9H,8H2,1H3,(H,18,19). The Kier molecular flexibility index (Phi) is 5.00. The van der Waals surface area contributed by atoms with Gasteiger partial charge >= 0.3 is 0 Å². The molecule has 3 aromatic rings. The third-order valence-electron chi connectivity index (χ3n) is 3.23. The van der Waals surface area contributed by atoms with E-state index in [1.807, 2.05) is 31.2 Å². The lowest BCUT2D eigenvalue weighted by molar-refractivity contribution is 0.602. The van der Waals surface area contributed by atoms with Crippen LogP contribution >= 0.6 is 38.9 Å². The molecule has 2 heterocycles. The molecule has 1 N–H and O–H groups in total. The van der Waals surface area contributed by atoms with E-state index in [0.717, 1.165) is 16.9 Å². The number of hydrogen-bond donors (Lipinski definition) is 1. The molecule has 0 saturated heterocycles. The lowest BCUT2D eigenvalue weighted by Crippen LogP contribution is -2.12. The molecule has 0 atom stereocenters. The average molecular weight is 447 g/mol. The van der Waals surface area contributed by atoms with Gasteiger partial charge in [0.1, 0.15) is 4.21 Å². The van der Waals surface area contributed by atoms with Gasteiger partial charge in [0.25, 0.3) is 10.0 Å². The second kappa shape index (κ2) is 6.87. The summed E-state index contributed by atoms with van der Waals surface area (Å²) in [5, 5.41) is 4.30. The Bertz CT molecular complexity index is 965. The maximum Gasteiger partial charge on any atom is 0.272 e. The normalized spacial score (nSPS) is 11.6. The first-order chi connectivity index (χ1) is 11.3. The van der Waals surface area contributed by atoms with Crippen molar-refractivity contribution in [1.29, 1.82) is 0 Å². The Morgan fingerprint density at radius 3 is 2.58 bits per heavy atom. The first kappa shape index (κ1) is 17.5. The molecule has 0 fully saturated rings. The van der Waals surface area contributed by atoms with Crippen LogP contribution in [0.3, 0.4) is 0 Å². The van der Waals surface area contributed by atoms with Crippen LogP contribution in [0.2, 0.25) is 4.34 Å². The number of halogens is 2. The molecule has 0 aliphatic rings. The Morgan fingerprint density at radius 1 is 1.25 bits per heavy atom. The van der Waals surface area contributed by atoms with E-state index < -0.39 is 10.0 Å². The minimum Gasteiger partial charge on any atom is -0.265 e. The van der Waals surface area contributed by atoms with E-state index in [1.54, 1.807) is 16.9 Å². The smallest absolute Gasteiger partial charge is 0.265 e. The van der Waals surface area contributed by atoms with Crippen molar-refractivity contribution in [2.75, 3.05) is 4.72 Å². The van der Waals surface area contributed by atoms with Crippen LogP contribution in [0.5, 0.6) is 0 Å². The number of sulfonamides is 1. The molecule has 0 spiro atoms. The quantitative estimate of drug-likeness (QED) is 0.627. The Labute approximate surface area is 157 Å². The van der Waals surface area contributed by atoms with Gasteiger partial charge in [0, 0.05) is 6.20 Å². The maximum absolute atomic E-state index is 12.3. The lowest BCUT2D eigenvalue weighted by Gasteiger charge is -2.04. The predicted octanol–water partition coefficient (Wildman–Crippen LogP) is 4.52. The number of hydrogen-bond acceptors (Lipinski definition) is 4. The minimum atomic E-state index is -3.70. The molecule has 0 aliphatic carbocycles. The number of rotatable bonds is 5. The zero-order valence-electron chi connectivity index (χ0n) is 12.5. The van der Waals surface area contributed by atoms with E-state index in [0.29, 0.717) is 15.4 Å².